The van der Waals surface area contributed by atoms with Crippen LogP contribution >= 0.6 is 11.6 Å². The van der Waals surface area contributed by atoms with Gasteiger partial charge in [0.1, 0.15) is 0 Å². The van der Waals surface area contributed by atoms with E-state index in [9.17, 15) is 8.42 Å². The lowest BCUT2D eigenvalue weighted by Gasteiger charge is -2.36. The summed E-state index contributed by atoms with van der Waals surface area (Å²) in [6, 6.07) is 13.2. The fraction of sp³-hybridized carbons (Fsp3) is 0.300. The molecule has 1 fully saturated rings. The van der Waals surface area contributed by atoms with E-state index in [0.29, 0.717) is 0 Å². The average Bonchev–Trinajstić information content (AvgIpc) is 3.11. The fourth-order valence-corrected chi connectivity index (χ4v) is 4.51. The van der Waals surface area contributed by atoms with Gasteiger partial charge in [-0.15, -0.1) is 0 Å². The van der Waals surface area contributed by atoms with Crippen molar-refractivity contribution in [3.8, 4) is 0 Å². The van der Waals surface area contributed by atoms with Gasteiger partial charge in [0, 0.05) is 60.5 Å². The van der Waals surface area contributed by atoms with E-state index in [-0.39, 0.29) is 4.90 Å². The largest absolute Gasteiger partial charge is 0.369 e. The Kier molecular flexibility index (Phi) is 5.33. The molecule has 0 amide bonds. The van der Waals surface area contributed by atoms with Gasteiger partial charge in [-0.1, -0.05) is 11.6 Å². The minimum Gasteiger partial charge on any atom is -0.369 e. The molecule has 148 valence electrons. The predicted octanol–water partition coefficient (Wildman–Crippen LogP) is 3.05. The summed E-state index contributed by atoms with van der Waals surface area (Å²) in [4.78, 5) is 8.30. The second kappa shape index (κ2) is 7.75. The molecule has 28 heavy (non-hydrogen) atoms. The highest BCUT2D eigenvalue weighted by molar-refractivity contribution is 7.89. The summed E-state index contributed by atoms with van der Waals surface area (Å²) in [7, 11) is -2.02. The Morgan fingerprint density at radius 3 is 2.46 bits per heavy atom. The molecule has 1 aliphatic heterocycles. The zero-order chi connectivity index (χ0) is 19.7. The number of H-pyrrole nitrogens is 1. The number of sulfonamides is 1. The molecule has 0 aliphatic carbocycles. The second-order valence-electron chi connectivity index (χ2n) is 6.97. The second-order valence-corrected chi connectivity index (χ2v) is 9.29. The topological polar surface area (TPSA) is 68.4 Å². The Bertz CT molecular complexity index is 1070. The van der Waals surface area contributed by atoms with Crippen molar-refractivity contribution in [3.63, 3.8) is 0 Å². The highest BCUT2D eigenvalue weighted by Crippen LogP contribution is 2.25. The Labute approximate surface area is 170 Å². The minimum atomic E-state index is -3.45. The van der Waals surface area contributed by atoms with Crippen molar-refractivity contribution in [1.29, 1.82) is 0 Å². The first kappa shape index (κ1) is 19.3. The number of aromatic amines is 1. The Morgan fingerprint density at radius 1 is 1.07 bits per heavy atom. The number of nitrogens with one attached hydrogen (secondary N) is 2. The predicted molar refractivity (Wildman–Crippen MR) is 113 cm³/mol. The molecule has 8 heteroatoms. The van der Waals surface area contributed by atoms with E-state index in [0.717, 1.165) is 54.2 Å². The third-order valence-corrected chi connectivity index (χ3v) is 6.94. The summed E-state index contributed by atoms with van der Waals surface area (Å²) < 4.78 is 26.6. The van der Waals surface area contributed by atoms with Crippen molar-refractivity contribution in [2.75, 3.05) is 38.1 Å². The van der Waals surface area contributed by atoms with Gasteiger partial charge < -0.3 is 9.88 Å². The molecule has 2 heterocycles. The summed E-state index contributed by atoms with van der Waals surface area (Å²) in [6.07, 6.45) is 1.98. The number of hydrogen-bond acceptors (Lipinski definition) is 4. The maximum Gasteiger partial charge on any atom is 0.240 e. The minimum absolute atomic E-state index is 0.288. The van der Waals surface area contributed by atoms with E-state index in [1.54, 1.807) is 12.1 Å². The van der Waals surface area contributed by atoms with Crippen molar-refractivity contribution in [2.45, 2.75) is 11.4 Å². The number of piperazine rings is 1. The molecule has 2 aromatic carbocycles. The van der Waals surface area contributed by atoms with Gasteiger partial charge in [-0.2, -0.15) is 0 Å². The van der Waals surface area contributed by atoms with Crippen molar-refractivity contribution >= 4 is 38.2 Å². The zero-order valence-corrected chi connectivity index (χ0v) is 17.2. The van der Waals surface area contributed by atoms with Gasteiger partial charge >= 0.3 is 0 Å². The Balaban J connectivity index is 1.47. The molecule has 0 unspecified atom stereocenters. The van der Waals surface area contributed by atoms with Crippen molar-refractivity contribution in [3.05, 3.63) is 59.2 Å². The number of halogens is 1. The van der Waals surface area contributed by atoms with Crippen LogP contribution in [0.4, 0.5) is 5.69 Å². The molecule has 0 spiro atoms. The summed E-state index contributed by atoms with van der Waals surface area (Å²) in [5.74, 6) is 0. The van der Waals surface area contributed by atoms with Gasteiger partial charge in [0.25, 0.3) is 0 Å². The van der Waals surface area contributed by atoms with Crippen LogP contribution in [-0.4, -0.2) is 51.5 Å². The summed E-state index contributed by atoms with van der Waals surface area (Å²) in [6.45, 7) is 4.58. The molecule has 6 nitrogen and oxygen atoms in total. The molecule has 1 saturated heterocycles. The van der Waals surface area contributed by atoms with Crippen LogP contribution in [0.5, 0.6) is 0 Å². The normalized spacial score (nSPS) is 16.0. The maximum absolute atomic E-state index is 12.1. The van der Waals surface area contributed by atoms with Gasteiger partial charge in [-0.25, -0.2) is 13.1 Å². The van der Waals surface area contributed by atoms with Crippen LogP contribution in [0, 0.1) is 0 Å². The number of aromatic nitrogens is 1. The lowest BCUT2D eigenvalue weighted by molar-refractivity contribution is 0.250. The van der Waals surface area contributed by atoms with Crippen molar-refractivity contribution in [2.24, 2.45) is 0 Å². The number of fused-ring (bicyclic) bond motifs is 1. The average molecular weight is 419 g/mol. The van der Waals surface area contributed by atoms with E-state index in [1.165, 1.54) is 12.7 Å². The molecular formula is C20H23ClN4O2S. The van der Waals surface area contributed by atoms with Crippen LogP contribution in [-0.2, 0) is 16.6 Å². The maximum atomic E-state index is 12.1. The molecule has 4 rings (SSSR count). The van der Waals surface area contributed by atoms with E-state index < -0.39 is 10.0 Å². The van der Waals surface area contributed by atoms with E-state index in [2.05, 4.69) is 31.6 Å². The molecule has 0 bridgehead atoms. The third kappa shape index (κ3) is 3.89. The number of nitrogens with zero attached hydrogens (tertiary/aromatic N) is 2. The van der Waals surface area contributed by atoms with Gasteiger partial charge in [0.2, 0.25) is 10.0 Å². The standard InChI is InChI=1S/C20H23ClN4O2S/c1-22-28(26,27)18-6-7-20-19(12-18)15(13-23-20)14-24-8-10-25(11-9-24)17-4-2-16(21)3-5-17/h2-7,12-13,22-23H,8-11,14H2,1H3. The first-order valence-corrected chi connectivity index (χ1v) is 11.1. The van der Waals surface area contributed by atoms with Crippen LogP contribution in [0.15, 0.2) is 53.6 Å². The zero-order valence-electron chi connectivity index (χ0n) is 15.7. The van der Waals surface area contributed by atoms with Gasteiger partial charge in [0.05, 0.1) is 4.90 Å². The highest BCUT2D eigenvalue weighted by atomic mass is 35.5. The smallest absolute Gasteiger partial charge is 0.240 e. The molecular weight excluding hydrogens is 396 g/mol. The van der Waals surface area contributed by atoms with Gasteiger partial charge in [-0.3, -0.25) is 4.90 Å². The lowest BCUT2D eigenvalue weighted by atomic mass is 10.1. The van der Waals surface area contributed by atoms with Crippen LogP contribution < -0.4 is 9.62 Å². The van der Waals surface area contributed by atoms with Crippen molar-refractivity contribution in [1.82, 2.24) is 14.6 Å². The molecule has 3 aromatic rings. The SMILES string of the molecule is CNS(=O)(=O)c1ccc2[nH]cc(CN3CCN(c4ccc(Cl)cc4)CC3)c2c1. The van der Waals surface area contributed by atoms with Crippen LogP contribution in [0.1, 0.15) is 5.56 Å². The molecule has 2 N–H and O–H groups in total. The Morgan fingerprint density at radius 2 is 1.79 bits per heavy atom. The Hall–Kier alpha value is -2.06. The van der Waals surface area contributed by atoms with Gasteiger partial charge in [-0.05, 0) is 55.1 Å². The lowest BCUT2D eigenvalue weighted by Crippen LogP contribution is -2.45. The molecule has 0 saturated carbocycles. The fourth-order valence-electron chi connectivity index (χ4n) is 3.63. The van der Waals surface area contributed by atoms with Crippen LogP contribution in [0.2, 0.25) is 5.02 Å². The number of hydrogen-bond donors (Lipinski definition) is 2. The first-order valence-electron chi connectivity index (χ1n) is 9.23. The van der Waals surface area contributed by atoms with E-state index in [4.69, 9.17) is 11.6 Å². The quantitative estimate of drug-likeness (QED) is 0.668. The van der Waals surface area contributed by atoms with Crippen LogP contribution in [0.25, 0.3) is 10.9 Å². The summed E-state index contributed by atoms with van der Waals surface area (Å²) in [5, 5.41) is 1.71. The molecule has 0 radical (unpaired) electrons. The van der Waals surface area contributed by atoms with E-state index in [1.807, 2.05) is 24.4 Å². The van der Waals surface area contributed by atoms with E-state index >= 15 is 0 Å². The first-order chi connectivity index (χ1) is 13.5. The number of rotatable bonds is 5. The van der Waals surface area contributed by atoms with Gasteiger partial charge in [0.15, 0.2) is 0 Å². The highest BCUT2D eigenvalue weighted by Gasteiger charge is 2.19. The number of benzene rings is 2. The molecule has 1 aliphatic rings. The molecule has 0 atom stereocenters. The summed E-state index contributed by atoms with van der Waals surface area (Å²) in [5.41, 5.74) is 3.26. The summed E-state index contributed by atoms with van der Waals surface area (Å²) >= 11 is 5.98. The third-order valence-electron chi connectivity index (χ3n) is 5.28. The monoisotopic (exact) mass is 418 g/mol. The number of anilines is 1. The molecule has 1 aromatic heterocycles. The van der Waals surface area contributed by atoms with Crippen LogP contribution in [0.3, 0.4) is 0 Å². The van der Waals surface area contributed by atoms with Crippen molar-refractivity contribution < 1.29 is 8.42 Å².